The van der Waals surface area contributed by atoms with E-state index < -0.39 is 0 Å². The molecule has 10 heavy (non-hydrogen) atoms. The van der Waals surface area contributed by atoms with Gasteiger partial charge in [-0.15, -0.1) is 0 Å². The van der Waals surface area contributed by atoms with Crippen LogP contribution < -0.4 is 11.1 Å². The molecular formula is C8H20N2. The molecular weight excluding hydrogens is 124 g/mol. The molecule has 0 saturated carbocycles. The standard InChI is InChI=1S/C8H20N2/c1-4-7(6-10-3)8(9)5-2/h7-8,10H,4-6,9H2,1-3H3. The van der Waals surface area contributed by atoms with Crippen LogP contribution in [0, 0.1) is 5.92 Å². The Labute approximate surface area is 64.2 Å². The second kappa shape index (κ2) is 5.69. The van der Waals surface area contributed by atoms with Crippen molar-refractivity contribution in [2.24, 2.45) is 11.7 Å². The van der Waals surface area contributed by atoms with Gasteiger partial charge >= 0.3 is 0 Å². The van der Waals surface area contributed by atoms with Gasteiger partial charge in [-0.2, -0.15) is 0 Å². The van der Waals surface area contributed by atoms with E-state index in [0.717, 1.165) is 13.0 Å². The van der Waals surface area contributed by atoms with E-state index in [1.807, 2.05) is 7.05 Å². The molecule has 0 bridgehead atoms. The largest absolute Gasteiger partial charge is 0.327 e. The quantitative estimate of drug-likeness (QED) is 0.603. The molecule has 2 unspecified atom stereocenters. The van der Waals surface area contributed by atoms with Crippen LogP contribution in [-0.4, -0.2) is 19.6 Å². The Hall–Kier alpha value is -0.0800. The second-order valence-electron chi connectivity index (χ2n) is 2.80. The van der Waals surface area contributed by atoms with E-state index in [-0.39, 0.29) is 0 Å². The molecule has 2 atom stereocenters. The van der Waals surface area contributed by atoms with Crippen LogP contribution in [0.2, 0.25) is 0 Å². The van der Waals surface area contributed by atoms with Gasteiger partial charge in [0.05, 0.1) is 0 Å². The molecule has 0 aromatic heterocycles. The molecule has 0 aromatic rings. The van der Waals surface area contributed by atoms with Gasteiger partial charge in [0, 0.05) is 6.04 Å². The van der Waals surface area contributed by atoms with Crippen molar-refractivity contribution in [1.29, 1.82) is 0 Å². The van der Waals surface area contributed by atoms with Crippen molar-refractivity contribution in [1.82, 2.24) is 5.32 Å². The fraction of sp³-hybridized carbons (Fsp3) is 1.00. The highest BCUT2D eigenvalue weighted by molar-refractivity contribution is 4.71. The highest BCUT2D eigenvalue weighted by atomic mass is 14.8. The van der Waals surface area contributed by atoms with Crippen molar-refractivity contribution in [2.45, 2.75) is 32.7 Å². The summed E-state index contributed by atoms with van der Waals surface area (Å²) in [5, 5.41) is 3.15. The van der Waals surface area contributed by atoms with E-state index in [0.29, 0.717) is 12.0 Å². The molecule has 0 spiro atoms. The van der Waals surface area contributed by atoms with Crippen LogP contribution >= 0.6 is 0 Å². The van der Waals surface area contributed by atoms with E-state index >= 15 is 0 Å². The summed E-state index contributed by atoms with van der Waals surface area (Å²) in [6, 6.07) is 0.373. The average molecular weight is 144 g/mol. The smallest absolute Gasteiger partial charge is 0.00765 e. The highest BCUT2D eigenvalue weighted by Gasteiger charge is 2.11. The summed E-state index contributed by atoms with van der Waals surface area (Å²) in [5.74, 6) is 0.648. The highest BCUT2D eigenvalue weighted by Crippen LogP contribution is 2.07. The Kier molecular flexibility index (Phi) is 5.64. The van der Waals surface area contributed by atoms with E-state index in [9.17, 15) is 0 Å². The fourth-order valence-corrected chi connectivity index (χ4v) is 1.19. The van der Waals surface area contributed by atoms with Crippen LogP contribution in [0.3, 0.4) is 0 Å². The first kappa shape index (κ1) is 9.92. The van der Waals surface area contributed by atoms with Crippen molar-refractivity contribution >= 4 is 0 Å². The molecule has 0 aromatic carbocycles. The number of rotatable bonds is 5. The van der Waals surface area contributed by atoms with Crippen LogP contribution in [0.4, 0.5) is 0 Å². The maximum Gasteiger partial charge on any atom is 0.00765 e. The number of hydrogen-bond acceptors (Lipinski definition) is 2. The molecule has 0 amide bonds. The minimum Gasteiger partial charge on any atom is -0.327 e. The summed E-state index contributed by atoms with van der Waals surface area (Å²) in [4.78, 5) is 0. The maximum absolute atomic E-state index is 5.87. The maximum atomic E-state index is 5.87. The molecule has 0 saturated heterocycles. The predicted molar refractivity (Wildman–Crippen MR) is 46.0 cm³/mol. The van der Waals surface area contributed by atoms with Gasteiger partial charge in [-0.25, -0.2) is 0 Å². The van der Waals surface area contributed by atoms with Crippen LogP contribution in [0.15, 0.2) is 0 Å². The van der Waals surface area contributed by atoms with E-state index in [2.05, 4.69) is 19.2 Å². The molecule has 0 aliphatic carbocycles. The molecule has 2 nitrogen and oxygen atoms in total. The zero-order valence-corrected chi connectivity index (χ0v) is 7.35. The SMILES string of the molecule is CCC(N)C(CC)CNC. The van der Waals surface area contributed by atoms with E-state index in [4.69, 9.17) is 5.73 Å². The van der Waals surface area contributed by atoms with Gasteiger partial charge in [0.25, 0.3) is 0 Å². The summed E-state index contributed by atoms with van der Waals surface area (Å²) < 4.78 is 0. The van der Waals surface area contributed by atoms with Crippen LogP contribution in [0.5, 0.6) is 0 Å². The number of nitrogens with one attached hydrogen (secondary N) is 1. The van der Waals surface area contributed by atoms with Crippen molar-refractivity contribution < 1.29 is 0 Å². The molecule has 0 heterocycles. The lowest BCUT2D eigenvalue weighted by molar-refractivity contribution is 0.386. The first-order chi connectivity index (χ1) is 4.76. The summed E-state index contributed by atoms with van der Waals surface area (Å²) in [7, 11) is 1.98. The first-order valence-electron chi connectivity index (χ1n) is 4.16. The zero-order chi connectivity index (χ0) is 7.98. The van der Waals surface area contributed by atoms with Crippen molar-refractivity contribution in [3.8, 4) is 0 Å². The summed E-state index contributed by atoms with van der Waals surface area (Å²) >= 11 is 0. The van der Waals surface area contributed by atoms with Crippen molar-refractivity contribution in [3.63, 3.8) is 0 Å². The fourth-order valence-electron chi connectivity index (χ4n) is 1.19. The Morgan fingerprint density at radius 3 is 2.20 bits per heavy atom. The van der Waals surface area contributed by atoms with Gasteiger partial charge in [-0.05, 0) is 25.9 Å². The number of nitrogens with two attached hydrogens (primary N) is 1. The van der Waals surface area contributed by atoms with Gasteiger partial charge in [-0.1, -0.05) is 20.3 Å². The van der Waals surface area contributed by atoms with Gasteiger partial charge in [0.1, 0.15) is 0 Å². The Morgan fingerprint density at radius 2 is 1.90 bits per heavy atom. The minimum atomic E-state index is 0.373. The summed E-state index contributed by atoms with van der Waals surface area (Å²) in [5.41, 5.74) is 5.87. The topological polar surface area (TPSA) is 38.0 Å². The van der Waals surface area contributed by atoms with Gasteiger partial charge in [0.15, 0.2) is 0 Å². The molecule has 0 radical (unpaired) electrons. The normalized spacial score (nSPS) is 16.8. The molecule has 0 aliphatic heterocycles. The molecule has 62 valence electrons. The van der Waals surface area contributed by atoms with Gasteiger partial charge in [-0.3, -0.25) is 0 Å². The average Bonchev–Trinajstić information content (AvgIpc) is 1.99. The Bertz CT molecular complexity index is 73.7. The lowest BCUT2D eigenvalue weighted by Crippen LogP contribution is -2.35. The van der Waals surface area contributed by atoms with Gasteiger partial charge < -0.3 is 11.1 Å². The number of hydrogen-bond donors (Lipinski definition) is 2. The monoisotopic (exact) mass is 144 g/mol. The lowest BCUT2D eigenvalue weighted by atomic mass is 9.96. The van der Waals surface area contributed by atoms with Crippen LogP contribution in [0.25, 0.3) is 0 Å². The summed E-state index contributed by atoms with van der Waals surface area (Å²) in [6.07, 6.45) is 2.26. The molecule has 3 N–H and O–H groups in total. The van der Waals surface area contributed by atoms with Crippen LogP contribution in [-0.2, 0) is 0 Å². The third-order valence-electron chi connectivity index (χ3n) is 2.07. The predicted octanol–water partition coefficient (Wildman–Crippen LogP) is 0.969. The zero-order valence-electron chi connectivity index (χ0n) is 7.35. The first-order valence-corrected chi connectivity index (χ1v) is 4.16. The summed E-state index contributed by atoms with van der Waals surface area (Å²) in [6.45, 7) is 5.38. The molecule has 0 fully saturated rings. The van der Waals surface area contributed by atoms with Crippen molar-refractivity contribution in [2.75, 3.05) is 13.6 Å². The van der Waals surface area contributed by atoms with Crippen molar-refractivity contribution in [3.05, 3.63) is 0 Å². The lowest BCUT2D eigenvalue weighted by Gasteiger charge is -2.20. The Balaban J connectivity index is 3.56. The Morgan fingerprint density at radius 1 is 1.30 bits per heavy atom. The van der Waals surface area contributed by atoms with E-state index in [1.54, 1.807) is 0 Å². The second-order valence-corrected chi connectivity index (χ2v) is 2.80. The third kappa shape index (κ3) is 3.18. The van der Waals surface area contributed by atoms with Gasteiger partial charge in [0.2, 0.25) is 0 Å². The van der Waals surface area contributed by atoms with E-state index in [1.165, 1.54) is 6.42 Å². The molecule has 2 heteroatoms. The third-order valence-corrected chi connectivity index (χ3v) is 2.07. The molecule has 0 rings (SSSR count). The molecule has 0 aliphatic rings. The van der Waals surface area contributed by atoms with Crippen LogP contribution in [0.1, 0.15) is 26.7 Å². The minimum absolute atomic E-state index is 0.373.